The maximum absolute atomic E-state index is 11.6. The summed E-state index contributed by atoms with van der Waals surface area (Å²) in [5.41, 5.74) is 8.80. The van der Waals surface area contributed by atoms with Crippen LogP contribution in [0.3, 0.4) is 0 Å². The van der Waals surface area contributed by atoms with Gasteiger partial charge < -0.3 is 11.1 Å². The molecule has 0 spiro atoms. The zero-order chi connectivity index (χ0) is 13.8. The Morgan fingerprint density at radius 1 is 1.42 bits per heavy atom. The van der Waals surface area contributed by atoms with Crippen molar-refractivity contribution in [2.24, 2.45) is 5.73 Å². The van der Waals surface area contributed by atoms with Gasteiger partial charge in [-0.3, -0.25) is 9.69 Å². The summed E-state index contributed by atoms with van der Waals surface area (Å²) >= 11 is 0. The summed E-state index contributed by atoms with van der Waals surface area (Å²) in [7, 11) is 0. The Morgan fingerprint density at radius 2 is 2.16 bits per heavy atom. The van der Waals surface area contributed by atoms with Crippen molar-refractivity contribution in [2.45, 2.75) is 32.4 Å². The Labute approximate surface area is 115 Å². The van der Waals surface area contributed by atoms with E-state index in [4.69, 9.17) is 5.73 Å². The standard InChI is InChI=1S/C15H23N3O/c1-3-13(16)15(12-7-5-4-6-11(12)2)18-9-8-17-14(19)10-18/h4-7,13,15H,3,8-10,16H2,1-2H3,(H,17,19). The van der Waals surface area contributed by atoms with E-state index >= 15 is 0 Å². The third-order valence-electron chi connectivity index (χ3n) is 3.85. The Balaban J connectivity index is 2.30. The summed E-state index contributed by atoms with van der Waals surface area (Å²) in [5.74, 6) is 0.0909. The number of carbonyl (C=O) groups excluding carboxylic acids is 1. The van der Waals surface area contributed by atoms with Crippen molar-refractivity contribution < 1.29 is 4.79 Å². The first-order chi connectivity index (χ1) is 9.13. The summed E-state index contributed by atoms with van der Waals surface area (Å²) in [6, 6.07) is 8.48. The number of amides is 1. The van der Waals surface area contributed by atoms with Gasteiger partial charge in [0.05, 0.1) is 12.6 Å². The van der Waals surface area contributed by atoms with Gasteiger partial charge in [-0.15, -0.1) is 0 Å². The Morgan fingerprint density at radius 3 is 2.79 bits per heavy atom. The van der Waals surface area contributed by atoms with Crippen LogP contribution in [0.15, 0.2) is 24.3 Å². The number of piperazine rings is 1. The number of carbonyl (C=O) groups is 1. The highest BCUT2D eigenvalue weighted by Crippen LogP contribution is 2.27. The predicted molar refractivity (Wildman–Crippen MR) is 76.8 cm³/mol. The smallest absolute Gasteiger partial charge is 0.234 e. The van der Waals surface area contributed by atoms with E-state index in [1.807, 2.05) is 12.1 Å². The van der Waals surface area contributed by atoms with Crippen LogP contribution in [0.5, 0.6) is 0 Å². The summed E-state index contributed by atoms with van der Waals surface area (Å²) in [6.45, 7) is 6.21. The van der Waals surface area contributed by atoms with Gasteiger partial charge in [0.15, 0.2) is 0 Å². The van der Waals surface area contributed by atoms with Crippen molar-refractivity contribution in [3.63, 3.8) is 0 Å². The molecule has 1 amide bonds. The molecule has 2 rings (SSSR count). The maximum Gasteiger partial charge on any atom is 0.234 e. The fourth-order valence-electron chi connectivity index (χ4n) is 2.74. The first kappa shape index (κ1) is 14.0. The first-order valence-electron chi connectivity index (χ1n) is 6.95. The van der Waals surface area contributed by atoms with Gasteiger partial charge in [0.2, 0.25) is 5.91 Å². The number of rotatable bonds is 4. The molecule has 0 aromatic heterocycles. The molecule has 19 heavy (non-hydrogen) atoms. The minimum Gasteiger partial charge on any atom is -0.354 e. The van der Waals surface area contributed by atoms with E-state index in [1.165, 1.54) is 11.1 Å². The number of nitrogens with one attached hydrogen (secondary N) is 1. The molecule has 2 atom stereocenters. The zero-order valence-electron chi connectivity index (χ0n) is 11.7. The zero-order valence-corrected chi connectivity index (χ0v) is 11.7. The molecule has 0 aliphatic carbocycles. The van der Waals surface area contributed by atoms with E-state index in [2.05, 4.69) is 36.2 Å². The Hall–Kier alpha value is -1.39. The van der Waals surface area contributed by atoms with Crippen LogP contribution in [-0.2, 0) is 4.79 Å². The van der Waals surface area contributed by atoms with Crippen molar-refractivity contribution in [3.05, 3.63) is 35.4 Å². The average Bonchev–Trinajstić information content (AvgIpc) is 2.41. The van der Waals surface area contributed by atoms with Crippen LogP contribution >= 0.6 is 0 Å². The molecule has 0 bridgehead atoms. The number of nitrogens with two attached hydrogens (primary N) is 1. The number of aryl methyl sites for hydroxylation is 1. The lowest BCUT2D eigenvalue weighted by molar-refractivity contribution is -0.125. The maximum atomic E-state index is 11.6. The molecule has 1 aromatic rings. The van der Waals surface area contributed by atoms with Crippen LogP contribution in [0.4, 0.5) is 0 Å². The molecule has 2 unspecified atom stereocenters. The van der Waals surface area contributed by atoms with E-state index in [-0.39, 0.29) is 18.0 Å². The highest BCUT2D eigenvalue weighted by Gasteiger charge is 2.29. The molecule has 104 valence electrons. The average molecular weight is 261 g/mol. The second kappa shape index (κ2) is 6.17. The lowest BCUT2D eigenvalue weighted by Gasteiger charge is -2.38. The monoisotopic (exact) mass is 261 g/mol. The minimum atomic E-state index is 0.0481. The normalized spacial score (nSPS) is 19.8. The molecular formula is C15H23N3O. The molecule has 4 heteroatoms. The molecule has 1 aromatic carbocycles. The fraction of sp³-hybridized carbons (Fsp3) is 0.533. The number of nitrogens with zero attached hydrogens (tertiary/aromatic N) is 1. The largest absolute Gasteiger partial charge is 0.354 e. The van der Waals surface area contributed by atoms with Gasteiger partial charge in [0.25, 0.3) is 0 Å². The summed E-state index contributed by atoms with van der Waals surface area (Å²) in [4.78, 5) is 13.8. The topological polar surface area (TPSA) is 58.4 Å². The molecule has 3 N–H and O–H groups in total. The van der Waals surface area contributed by atoms with Gasteiger partial charge in [0, 0.05) is 19.1 Å². The van der Waals surface area contributed by atoms with Gasteiger partial charge in [0.1, 0.15) is 0 Å². The highest BCUT2D eigenvalue weighted by molar-refractivity contribution is 5.78. The van der Waals surface area contributed by atoms with E-state index in [0.717, 1.165) is 13.0 Å². The highest BCUT2D eigenvalue weighted by atomic mass is 16.2. The molecule has 1 saturated heterocycles. The lowest BCUT2D eigenvalue weighted by Crippen LogP contribution is -2.52. The van der Waals surface area contributed by atoms with E-state index in [1.54, 1.807) is 0 Å². The van der Waals surface area contributed by atoms with Gasteiger partial charge in [-0.1, -0.05) is 31.2 Å². The van der Waals surface area contributed by atoms with Crippen LogP contribution in [0, 0.1) is 6.92 Å². The van der Waals surface area contributed by atoms with Crippen LogP contribution in [0.1, 0.15) is 30.5 Å². The van der Waals surface area contributed by atoms with Crippen molar-refractivity contribution in [1.82, 2.24) is 10.2 Å². The number of hydrogen-bond acceptors (Lipinski definition) is 3. The summed E-state index contributed by atoms with van der Waals surface area (Å²) in [5, 5.41) is 2.87. The minimum absolute atomic E-state index is 0.0481. The predicted octanol–water partition coefficient (Wildman–Crippen LogP) is 1.21. The van der Waals surface area contributed by atoms with Gasteiger partial charge in [-0.2, -0.15) is 0 Å². The van der Waals surface area contributed by atoms with Crippen molar-refractivity contribution in [2.75, 3.05) is 19.6 Å². The molecule has 0 saturated carbocycles. The number of benzene rings is 1. The lowest BCUT2D eigenvalue weighted by atomic mass is 9.92. The summed E-state index contributed by atoms with van der Waals surface area (Å²) < 4.78 is 0. The molecule has 1 heterocycles. The van der Waals surface area contributed by atoms with Crippen molar-refractivity contribution >= 4 is 5.91 Å². The number of hydrogen-bond donors (Lipinski definition) is 2. The van der Waals surface area contributed by atoms with E-state index in [9.17, 15) is 4.79 Å². The Bertz CT molecular complexity index is 447. The Kier molecular flexibility index (Phi) is 4.56. The second-order valence-electron chi connectivity index (χ2n) is 5.19. The fourth-order valence-corrected chi connectivity index (χ4v) is 2.74. The molecule has 0 radical (unpaired) electrons. The van der Waals surface area contributed by atoms with E-state index < -0.39 is 0 Å². The van der Waals surface area contributed by atoms with Crippen molar-refractivity contribution in [3.8, 4) is 0 Å². The van der Waals surface area contributed by atoms with Gasteiger partial charge >= 0.3 is 0 Å². The third kappa shape index (κ3) is 3.14. The second-order valence-corrected chi connectivity index (χ2v) is 5.19. The van der Waals surface area contributed by atoms with E-state index in [0.29, 0.717) is 13.1 Å². The third-order valence-corrected chi connectivity index (χ3v) is 3.85. The van der Waals surface area contributed by atoms with Crippen LogP contribution < -0.4 is 11.1 Å². The SMILES string of the molecule is CCC(N)C(c1ccccc1C)N1CCNC(=O)C1. The van der Waals surface area contributed by atoms with Crippen LogP contribution in [0.25, 0.3) is 0 Å². The van der Waals surface area contributed by atoms with Crippen LogP contribution in [-0.4, -0.2) is 36.5 Å². The molecular weight excluding hydrogens is 238 g/mol. The van der Waals surface area contributed by atoms with Gasteiger partial charge in [-0.25, -0.2) is 0 Å². The van der Waals surface area contributed by atoms with Gasteiger partial charge in [-0.05, 0) is 24.5 Å². The first-order valence-corrected chi connectivity index (χ1v) is 6.95. The molecule has 1 fully saturated rings. The molecule has 4 nitrogen and oxygen atoms in total. The summed E-state index contributed by atoms with van der Waals surface area (Å²) in [6.07, 6.45) is 0.900. The molecule has 1 aliphatic heterocycles. The molecule has 1 aliphatic rings. The van der Waals surface area contributed by atoms with Crippen molar-refractivity contribution in [1.29, 1.82) is 0 Å². The quantitative estimate of drug-likeness (QED) is 0.856. The van der Waals surface area contributed by atoms with Crippen LogP contribution in [0.2, 0.25) is 0 Å².